The molecular weight excluding hydrogens is 557 g/mol. The highest BCUT2D eigenvalue weighted by molar-refractivity contribution is 7.89. The molecule has 0 fully saturated rings. The van der Waals surface area contributed by atoms with E-state index in [9.17, 15) is 26.4 Å². The maximum absolute atomic E-state index is 14.1. The molecule has 8 nitrogen and oxygen atoms in total. The highest BCUT2D eigenvalue weighted by atomic mass is 32.2. The number of hydrogen-bond donors (Lipinski definition) is 2. The Balaban J connectivity index is 1.47. The van der Waals surface area contributed by atoms with Crippen molar-refractivity contribution >= 4 is 27.0 Å². The molecule has 1 aliphatic heterocycles. The van der Waals surface area contributed by atoms with E-state index in [1.165, 1.54) is 4.90 Å². The first-order valence-corrected chi connectivity index (χ1v) is 14.4. The van der Waals surface area contributed by atoms with Gasteiger partial charge >= 0.3 is 6.18 Å². The highest BCUT2D eigenvalue weighted by Gasteiger charge is 2.38. The van der Waals surface area contributed by atoms with Gasteiger partial charge in [0.15, 0.2) is 0 Å². The van der Waals surface area contributed by atoms with Crippen molar-refractivity contribution in [2.75, 3.05) is 13.2 Å². The predicted molar refractivity (Wildman–Crippen MR) is 148 cm³/mol. The van der Waals surface area contributed by atoms with Gasteiger partial charge in [0.05, 0.1) is 33.6 Å². The van der Waals surface area contributed by atoms with Gasteiger partial charge in [-0.3, -0.25) is 4.79 Å². The van der Waals surface area contributed by atoms with Gasteiger partial charge in [0.1, 0.15) is 18.2 Å². The number of nitrogens with one attached hydrogen (secondary N) is 2. The number of carbonyl (C=O) groups excluding carboxylic acids is 1. The SMILES string of the molecule is Cc1nc2ccc(-c3ccc4c(c3)CN(C(=O)c3ccc(S(=O)(=O)NC(C)(C)C)cc3C(F)(F)F)CCO4)cc2[nH]1. The predicted octanol–water partition coefficient (Wildman–Crippen LogP) is 5.67. The first-order valence-electron chi connectivity index (χ1n) is 12.9. The van der Waals surface area contributed by atoms with Gasteiger partial charge in [-0.15, -0.1) is 0 Å². The van der Waals surface area contributed by atoms with Crippen LogP contribution in [0.15, 0.2) is 59.5 Å². The molecule has 1 aliphatic rings. The molecule has 0 saturated carbocycles. The molecule has 1 aromatic heterocycles. The van der Waals surface area contributed by atoms with Gasteiger partial charge < -0.3 is 14.6 Å². The monoisotopic (exact) mass is 586 g/mol. The van der Waals surface area contributed by atoms with E-state index in [1.807, 2.05) is 37.3 Å². The minimum Gasteiger partial charge on any atom is -0.491 e. The van der Waals surface area contributed by atoms with Crippen molar-refractivity contribution in [2.24, 2.45) is 0 Å². The summed E-state index contributed by atoms with van der Waals surface area (Å²) in [6.07, 6.45) is -4.96. The topological polar surface area (TPSA) is 104 Å². The van der Waals surface area contributed by atoms with Crippen LogP contribution in [0.4, 0.5) is 13.2 Å². The molecular formula is C29H29F3N4O4S. The fourth-order valence-electron chi connectivity index (χ4n) is 4.81. The molecule has 2 heterocycles. The van der Waals surface area contributed by atoms with Crippen LogP contribution in [0.3, 0.4) is 0 Å². The quantitative estimate of drug-likeness (QED) is 0.321. The van der Waals surface area contributed by atoms with E-state index in [0.717, 1.165) is 40.1 Å². The number of alkyl halides is 3. The number of rotatable bonds is 4. The van der Waals surface area contributed by atoms with Gasteiger partial charge in [-0.2, -0.15) is 13.2 Å². The van der Waals surface area contributed by atoms with Crippen molar-refractivity contribution in [1.29, 1.82) is 0 Å². The third kappa shape index (κ3) is 6.08. The fraction of sp³-hybridized carbons (Fsp3) is 0.310. The summed E-state index contributed by atoms with van der Waals surface area (Å²) in [5.41, 5.74) is 1.21. The number of sulfonamides is 1. The van der Waals surface area contributed by atoms with Gasteiger partial charge in [-0.25, -0.2) is 18.1 Å². The number of benzene rings is 3. The Morgan fingerprint density at radius 1 is 1.02 bits per heavy atom. The third-order valence-corrected chi connectivity index (χ3v) is 8.29. The number of ether oxygens (including phenoxy) is 1. The molecule has 0 radical (unpaired) electrons. The maximum Gasteiger partial charge on any atom is 0.417 e. The number of hydrogen-bond acceptors (Lipinski definition) is 5. The van der Waals surface area contributed by atoms with E-state index in [2.05, 4.69) is 14.7 Å². The van der Waals surface area contributed by atoms with Crippen LogP contribution in [0.2, 0.25) is 0 Å². The number of amides is 1. The Kier molecular flexibility index (Phi) is 7.11. The van der Waals surface area contributed by atoms with Crippen LogP contribution in [0.5, 0.6) is 5.75 Å². The summed E-state index contributed by atoms with van der Waals surface area (Å²) in [6, 6.07) is 13.7. The lowest BCUT2D eigenvalue weighted by Gasteiger charge is -2.24. The van der Waals surface area contributed by atoms with Crippen molar-refractivity contribution in [2.45, 2.75) is 50.9 Å². The molecule has 41 heavy (non-hydrogen) atoms. The number of imidazole rings is 1. The number of fused-ring (bicyclic) bond motifs is 2. The zero-order valence-corrected chi connectivity index (χ0v) is 23.7. The smallest absolute Gasteiger partial charge is 0.417 e. The number of carbonyl (C=O) groups is 1. The largest absolute Gasteiger partial charge is 0.491 e. The molecule has 0 bridgehead atoms. The van der Waals surface area contributed by atoms with Crippen molar-refractivity contribution < 1.29 is 31.1 Å². The Hall–Kier alpha value is -3.90. The summed E-state index contributed by atoms with van der Waals surface area (Å²) in [5.74, 6) is 0.450. The third-order valence-electron chi connectivity index (χ3n) is 6.54. The Morgan fingerprint density at radius 2 is 1.73 bits per heavy atom. The highest BCUT2D eigenvalue weighted by Crippen LogP contribution is 2.36. The van der Waals surface area contributed by atoms with Crippen LogP contribution in [-0.2, 0) is 22.7 Å². The molecule has 5 rings (SSSR count). The maximum atomic E-state index is 14.1. The first-order chi connectivity index (χ1) is 19.1. The minimum atomic E-state index is -4.96. The molecule has 12 heteroatoms. The van der Waals surface area contributed by atoms with Crippen LogP contribution < -0.4 is 9.46 Å². The summed E-state index contributed by atoms with van der Waals surface area (Å²) in [6.45, 7) is 6.74. The minimum absolute atomic E-state index is 0.0103. The van der Waals surface area contributed by atoms with E-state index in [4.69, 9.17) is 4.74 Å². The number of aryl methyl sites for hydroxylation is 1. The summed E-state index contributed by atoms with van der Waals surface area (Å²) >= 11 is 0. The Labute approximate surface area is 235 Å². The second-order valence-electron chi connectivity index (χ2n) is 11.0. The van der Waals surface area contributed by atoms with Crippen molar-refractivity contribution in [3.8, 4) is 16.9 Å². The average Bonchev–Trinajstić information content (AvgIpc) is 3.11. The van der Waals surface area contributed by atoms with E-state index < -0.39 is 43.7 Å². The standard InChI is InChI=1S/C29H29F3N4O4S/c1-17-33-24-9-5-19(14-25(24)34-17)18-6-10-26-20(13-18)16-36(11-12-40-26)27(37)22-8-7-21(15-23(22)29(30,31)32)41(38,39)35-28(2,3)4/h5-10,13-15,35H,11-12,16H2,1-4H3,(H,33,34). The van der Waals surface area contributed by atoms with E-state index in [0.29, 0.717) is 17.4 Å². The number of aromatic amines is 1. The second kappa shape index (κ2) is 10.2. The van der Waals surface area contributed by atoms with E-state index in [1.54, 1.807) is 26.8 Å². The zero-order chi connectivity index (χ0) is 29.7. The summed E-state index contributed by atoms with van der Waals surface area (Å²) in [5, 5.41) is 0. The number of halogens is 3. The molecule has 0 aliphatic carbocycles. The molecule has 3 aromatic carbocycles. The normalized spacial score (nSPS) is 14.5. The van der Waals surface area contributed by atoms with Gasteiger partial charge in [-0.1, -0.05) is 12.1 Å². The fourth-order valence-corrected chi connectivity index (χ4v) is 6.25. The zero-order valence-electron chi connectivity index (χ0n) is 22.9. The number of nitrogens with zero attached hydrogens (tertiary/aromatic N) is 2. The number of H-pyrrole nitrogens is 1. The summed E-state index contributed by atoms with van der Waals surface area (Å²) in [7, 11) is -4.26. The van der Waals surface area contributed by atoms with Crippen molar-refractivity contribution in [3.05, 3.63) is 77.1 Å². The number of aromatic nitrogens is 2. The average molecular weight is 587 g/mol. The van der Waals surface area contributed by atoms with Gasteiger partial charge in [0, 0.05) is 17.6 Å². The molecule has 0 spiro atoms. The van der Waals surface area contributed by atoms with Crippen LogP contribution in [0.25, 0.3) is 22.2 Å². The molecule has 0 unspecified atom stereocenters. The molecule has 0 saturated heterocycles. The Bertz CT molecular complexity index is 1760. The van der Waals surface area contributed by atoms with Crippen molar-refractivity contribution in [1.82, 2.24) is 19.6 Å². The summed E-state index contributed by atoms with van der Waals surface area (Å²) in [4.78, 5) is 21.8. The first kappa shape index (κ1) is 28.6. The lowest BCUT2D eigenvalue weighted by Crippen LogP contribution is -2.40. The molecule has 2 N–H and O–H groups in total. The van der Waals surface area contributed by atoms with Gasteiger partial charge in [0.25, 0.3) is 5.91 Å². The van der Waals surface area contributed by atoms with Gasteiger partial charge in [0.2, 0.25) is 10.0 Å². The van der Waals surface area contributed by atoms with Crippen LogP contribution in [0.1, 0.15) is 48.1 Å². The lowest BCUT2D eigenvalue weighted by molar-refractivity contribution is -0.138. The molecule has 1 amide bonds. The lowest BCUT2D eigenvalue weighted by atomic mass is 10.0. The van der Waals surface area contributed by atoms with Crippen molar-refractivity contribution in [3.63, 3.8) is 0 Å². The van der Waals surface area contributed by atoms with Crippen LogP contribution in [-0.4, -0.2) is 47.9 Å². The molecule has 4 aromatic rings. The summed E-state index contributed by atoms with van der Waals surface area (Å²) < 4.78 is 76.0. The van der Waals surface area contributed by atoms with Gasteiger partial charge in [-0.05, 0) is 81.3 Å². The van der Waals surface area contributed by atoms with Crippen LogP contribution in [0, 0.1) is 6.92 Å². The molecule has 0 atom stereocenters. The Morgan fingerprint density at radius 3 is 2.44 bits per heavy atom. The molecule has 216 valence electrons. The van der Waals surface area contributed by atoms with E-state index in [-0.39, 0.29) is 19.7 Å². The van der Waals surface area contributed by atoms with E-state index >= 15 is 0 Å². The van der Waals surface area contributed by atoms with Crippen LogP contribution >= 0.6 is 0 Å². The second-order valence-corrected chi connectivity index (χ2v) is 12.7.